The number of aliphatic carboxylic acids is 2. The molecule has 0 spiro atoms. The molecule has 2 unspecified atom stereocenters. The summed E-state index contributed by atoms with van der Waals surface area (Å²) in [6, 6.07) is 1.87. The molecule has 1 heterocycles. The van der Waals surface area contributed by atoms with Gasteiger partial charge in [-0.25, -0.2) is 4.79 Å². The fourth-order valence-corrected chi connectivity index (χ4v) is 1.91. The van der Waals surface area contributed by atoms with Crippen molar-refractivity contribution in [2.75, 3.05) is 6.54 Å². The number of rotatable bonds is 7. The van der Waals surface area contributed by atoms with Gasteiger partial charge in [-0.05, 0) is 18.6 Å². The summed E-state index contributed by atoms with van der Waals surface area (Å²) in [5.41, 5.74) is 0.280. The normalized spacial score (nSPS) is 13.2. The van der Waals surface area contributed by atoms with Gasteiger partial charge in [0.05, 0.1) is 5.92 Å². The van der Waals surface area contributed by atoms with Crippen LogP contribution in [0.1, 0.15) is 30.6 Å². The van der Waals surface area contributed by atoms with Gasteiger partial charge in [0, 0.05) is 24.5 Å². The molecule has 0 aliphatic heterocycles. The standard InChI is InChI=1S/C14H18N2O5/c1-3-11(14(20)21)16(8-9(2)13(18)19)12(17)10-4-6-15-7-5-10/h4-7,9,11H,3,8H2,1-2H3,(H,18,19)(H,20,21). The largest absolute Gasteiger partial charge is 0.481 e. The van der Waals surface area contributed by atoms with Crippen LogP contribution in [-0.4, -0.2) is 50.5 Å². The van der Waals surface area contributed by atoms with E-state index in [4.69, 9.17) is 5.11 Å². The van der Waals surface area contributed by atoms with Crippen molar-refractivity contribution in [1.29, 1.82) is 0 Å². The first-order valence-electron chi connectivity index (χ1n) is 6.55. The molecule has 0 aromatic carbocycles. The van der Waals surface area contributed by atoms with Gasteiger partial charge >= 0.3 is 11.9 Å². The van der Waals surface area contributed by atoms with Crippen LogP contribution < -0.4 is 0 Å². The van der Waals surface area contributed by atoms with E-state index in [0.29, 0.717) is 0 Å². The topological polar surface area (TPSA) is 108 Å². The summed E-state index contributed by atoms with van der Waals surface area (Å²) < 4.78 is 0. The molecule has 21 heavy (non-hydrogen) atoms. The molecule has 7 nitrogen and oxygen atoms in total. The zero-order valence-corrected chi connectivity index (χ0v) is 11.9. The van der Waals surface area contributed by atoms with Crippen LogP contribution in [-0.2, 0) is 9.59 Å². The molecule has 0 saturated heterocycles. The van der Waals surface area contributed by atoms with Gasteiger partial charge in [-0.3, -0.25) is 14.6 Å². The van der Waals surface area contributed by atoms with Crippen LogP contribution in [0.3, 0.4) is 0 Å². The summed E-state index contributed by atoms with van der Waals surface area (Å²) in [4.78, 5) is 39.6. The zero-order valence-electron chi connectivity index (χ0n) is 11.9. The molecule has 1 aromatic rings. The number of nitrogens with zero attached hydrogens (tertiary/aromatic N) is 2. The van der Waals surface area contributed by atoms with E-state index < -0.39 is 29.8 Å². The van der Waals surface area contributed by atoms with Crippen molar-refractivity contribution in [3.8, 4) is 0 Å². The highest BCUT2D eigenvalue weighted by Gasteiger charge is 2.31. The number of carbonyl (C=O) groups is 3. The van der Waals surface area contributed by atoms with Gasteiger partial charge in [-0.2, -0.15) is 0 Å². The van der Waals surface area contributed by atoms with Crippen LogP contribution in [0.15, 0.2) is 24.5 Å². The Bertz CT molecular complexity index is 517. The fourth-order valence-electron chi connectivity index (χ4n) is 1.91. The molecule has 2 N–H and O–H groups in total. The maximum atomic E-state index is 12.4. The third-order valence-electron chi connectivity index (χ3n) is 3.13. The highest BCUT2D eigenvalue weighted by molar-refractivity contribution is 5.96. The highest BCUT2D eigenvalue weighted by atomic mass is 16.4. The zero-order chi connectivity index (χ0) is 16.0. The second kappa shape index (κ2) is 7.37. The molecule has 0 saturated carbocycles. The molecule has 1 rings (SSSR count). The molecule has 2 atom stereocenters. The van der Waals surface area contributed by atoms with E-state index >= 15 is 0 Å². The van der Waals surface area contributed by atoms with Gasteiger partial charge in [0.1, 0.15) is 6.04 Å². The summed E-state index contributed by atoms with van der Waals surface area (Å²) in [6.45, 7) is 2.90. The maximum absolute atomic E-state index is 12.4. The molecule has 0 aliphatic carbocycles. The van der Waals surface area contributed by atoms with Crippen molar-refractivity contribution < 1.29 is 24.6 Å². The monoisotopic (exact) mass is 294 g/mol. The van der Waals surface area contributed by atoms with E-state index in [1.54, 1.807) is 6.92 Å². The van der Waals surface area contributed by atoms with E-state index in [1.807, 2.05) is 0 Å². The first kappa shape index (κ1) is 16.6. The number of carbonyl (C=O) groups excluding carboxylic acids is 1. The summed E-state index contributed by atoms with van der Waals surface area (Å²) >= 11 is 0. The molecule has 1 aromatic heterocycles. The Morgan fingerprint density at radius 1 is 1.19 bits per heavy atom. The minimum atomic E-state index is -1.16. The number of amides is 1. The summed E-state index contributed by atoms with van der Waals surface area (Å²) in [5, 5.41) is 18.2. The van der Waals surface area contributed by atoms with Gasteiger partial charge in [-0.1, -0.05) is 13.8 Å². The lowest BCUT2D eigenvalue weighted by molar-refractivity contribution is -0.146. The summed E-state index contributed by atoms with van der Waals surface area (Å²) in [5.74, 6) is -3.61. The molecular weight excluding hydrogens is 276 g/mol. The van der Waals surface area contributed by atoms with E-state index in [9.17, 15) is 19.5 Å². The predicted molar refractivity (Wildman–Crippen MR) is 73.8 cm³/mol. The quantitative estimate of drug-likeness (QED) is 0.780. The Morgan fingerprint density at radius 3 is 2.19 bits per heavy atom. The van der Waals surface area contributed by atoms with E-state index in [1.165, 1.54) is 31.5 Å². The van der Waals surface area contributed by atoms with Gasteiger partial charge in [0.2, 0.25) is 0 Å². The Kier molecular flexibility index (Phi) is 5.83. The van der Waals surface area contributed by atoms with E-state index in [-0.39, 0.29) is 18.5 Å². The minimum Gasteiger partial charge on any atom is -0.481 e. The van der Waals surface area contributed by atoms with Gasteiger partial charge in [0.15, 0.2) is 0 Å². The average molecular weight is 294 g/mol. The first-order valence-corrected chi connectivity index (χ1v) is 6.55. The van der Waals surface area contributed by atoms with Crippen LogP contribution in [0.2, 0.25) is 0 Å². The molecule has 0 radical (unpaired) electrons. The second-order valence-electron chi connectivity index (χ2n) is 4.69. The van der Waals surface area contributed by atoms with E-state index in [0.717, 1.165) is 4.90 Å². The molecular formula is C14H18N2O5. The third-order valence-corrected chi connectivity index (χ3v) is 3.13. The van der Waals surface area contributed by atoms with Crippen molar-refractivity contribution in [2.24, 2.45) is 5.92 Å². The Hall–Kier alpha value is -2.44. The van der Waals surface area contributed by atoms with Crippen molar-refractivity contribution in [2.45, 2.75) is 26.3 Å². The smallest absolute Gasteiger partial charge is 0.326 e. The van der Waals surface area contributed by atoms with Crippen LogP contribution in [0.4, 0.5) is 0 Å². The first-order chi connectivity index (χ1) is 9.88. The van der Waals surface area contributed by atoms with Crippen molar-refractivity contribution >= 4 is 17.8 Å². The van der Waals surface area contributed by atoms with Crippen molar-refractivity contribution in [3.63, 3.8) is 0 Å². The minimum absolute atomic E-state index is 0.165. The lowest BCUT2D eigenvalue weighted by atomic mass is 10.1. The Morgan fingerprint density at radius 2 is 1.76 bits per heavy atom. The number of pyridine rings is 1. The Labute approximate surface area is 122 Å². The molecule has 0 bridgehead atoms. The number of hydrogen-bond acceptors (Lipinski definition) is 4. The lowest BCUT2D eigenvalue weighted by Crippen LogP contribution is -2.47. The summed E-state index contributed by atoms with van der Waals surface area (Å²) in [7, 11) is 0. The molecule has 0 fully saturated rings. The molecule has 0 aliphatic rings. The average Bonchev–Trinajstić information content (AvgIpc) is 2.46. The highest BCUT2D eigenvalue weighted by Crippen LogP contribution is 2.14. The molecule has 7 heteroatoms. The van der Waals surface area contributed by atoms with Crippen LogP contribution in [0.5, 0.6) is 0 Å². The molecule has 114 valence electrons. The summed E-state index contributed by atoms with van der Waals surface area (Å²) in [6.07, 6.45) is 3.04. The van der Waals surface area contributed by atoms with E-state index in [2.05, 4.69) is 4.98 Å². The fraction of sp³-hybridized carbons (Fsp3) is 0.429. The Balaban J connectivity index is 3.09. The number of hydrogen-bond donors (Lipinski definition) is 2. The third kappa shape index (κ3) is 4.27. The van der Waals surface area contributed by atoms with Crippen molar-refractivity contribution in [1.82, 2.24) is 9.88 Å². The number of carboxylic acid groups (broad SMARTS) is 2. The predicted octanol–water partition coefficient (Wildman–Crippen LogP) is 1.11. The van der Waals surface area contributed by atoms with Gasteiger partial charge < -0.3 is 15.1 Å². The van der Waals surface area contributed by atoms with Crippen LogP contribution in [0, 0.1) is 5.92 Å². The van der Waals surface area contributed by atoms with Crippen LogP contribution >= 0.6 is 0 Å². The second-order valence-corrected chi connectivity index (χ2v) is 4.69. The molecule has 1 amide bonds. The van der Waals surface area contributed by atoms with Crippen LogP contribution in [0.25, 0.3) is 0 Å². The number of carboxylic acids is 2. The lowest BCUT2D eigenvalue weighted by Gasteiger charge is -2.29. The van der Waals surface area contributed by atoms with Gasteiger partial charge in [0.25, 0.3) is 5.91 Å². The van der Waals surface area contributed by atoms with Gasteiger partial charge in [-0.15, -0.1) is 0 Å². The SMILES string of the molecule is CCC(C(=O)O)N(CC(C)C(=O)O)C(=O)c1ccncc1. The maximum Gasteiger partial charge on any atom is 0.326 e. The van der Waals surface area contributed by atoms with Crippen molar-refractivity contribution in [3.05, 3.63) is 30.1 Å². The number of aromatic nitrogens is 1.